The Balaban J connectivity index is 1.57. The van der Waals surface area contributed by atoms with Crippen LogP contribution in [-0.2, 0) is 20.7 Å². The number of ether oxygens (including phenoxy) is 1. The van der Waals surface area contributed by atoms with Crippen LogP contribution in [0.4, 0.5) is 5.69 Å². The number of aryl methyl sites for hydroxylation is 1. The Morgan fingerprint density at radius 2 is 1.92 bits per heavy atom. The van der Waals surface area contributed by atoms with Gasteiger partial charge in [0.2, 0.25) is 0 Å². The summed E-state index contributed by atoms with van der Waals surface area (Å²) in [5, 5.41) is 8.82. The zero-order valence-electron chi connectivity index (χ0n) is 13.9. The van der Waals surface area contributed by atoms with E-state index >= 15 is 0 Å². The van der Waals surface area contributed by atoms with Crippen molar-refractivity contribution >= 4 is 39.7 Å². The first-order valence-corrected chi connectivity index (χ1v) is 9.07. The van der Waals surface area contributed by atoms with E-state index in [4.69, 9.17) is 4.74 Å². The molecule has 1 amide bonds. The van der Waals surface area contributed by atoms with E-state index in [0.717, 1.165) is 16.3 Å². The number of anilines is 1. The maximum atomic E-state index is 12.3. The molecule has 0 aliphatic heterocycles. The van der Waals surface area contributed by atoms with Gasteiger partial charge in [0.05, 0.1) is 0 Å². The van der Waals surface area contributed by atoms with Crippen LogP contribution in [0.3, 0.4) is 0 Å². The van der Waals surface area contributed by atoms with Gasteiger partial charge < -0.3 is 10.1 Å². The van der Waals surface area contributed by atoms with Gasteiger partial charge in [-0.05, 0) is 47.2 Å². The molecule has 0 aliphatic carbocycles. The third kappa shape index (κ3) is 4.45. The Hall–Kier alpha value is -2.66. The molecule has 25 heavy (non-hydrogen) atoms. The number of fused-ring (bicyclic) bond motifs is 1. The molecule has 0 aliphatic rings. The standard InChI is InChI=1S/C20H19NO3S/c1-14(24-19(22)10-9-15-11-12-25-13-15)20(23)21-18-8-4-6-16-5-2-3-7-17(16)18/h2-8,11-14H,9-10H2,1H3,(H,21,23). The van der Waals surface area contributed by atoms with Gasteiger partial charge in [-0.3, -0.25) is 9.59 Å². The van der Waals surface area contributed by atoms with Crippen molar-refractivity contribution in [1.29, 1.82) is 0 Å². The number of hydrogen-bond donors (Lipinski definition) is 1. The number of nitrogens with one attached hydrogen (secondary N) is 1. The van der Waals surface area contributed by atoms with Crippen molar-refractivity contribution in [2.75, 3.05) is 5.32 Å². The van der Waals surface area contributed by atoms with Crippen LogP contribution in [0.2, 0.25) is 0 Å². The number of carbonyl (C=O) groups is 2. The summed E-state index contributed by atoms with van der Waals surface area (Å²) in [7, 11) is 0. The highest BCUT2D eigenvalue weighted by Crippen LogP contribution is 2.23. The molecule has 3 aromatic rings. The molecular weight excluding hydrogens is 334 g/mol. The first kappa shape index (κ1) is 17.2. The molecule has 0 fully saturated rings. The van der Waals surface area contributed by atoms with Crippen LogP contribution in [0.15, 0.2) is 59.3 Å². The second-order valence-corrected chi connectivity index (χ2v) is 6.56. The van der Waals surface area contributed by atoms with Crippen LogP contribution in [-0.4, -0.2) is 18.0 Å². The average Bonchev–Trinajstić information content (AvgIpc) is 3.14. The highest BCUT2D eigenvalue weighted by atomic mass is 32.1. The van der Waals surface area contributed by atoms with E-state index in [1.54, 1.807) is 18.3 Å². The van der Waals surface area contributed by atoms with Crippen molar-refractivity contribution in [3.8, 4) is 0 Å². The molecule has 1 unspecified atom stereocenters. The predicted octanol–water partition coefficient (Wildman–Crippen LogP) is 4.40. The minimum Gasteiger partial charge on any atom is -0.453 e. The van der Waals surface area contributed by atoms with E-state index in [1.165, 1.54) is 0 Å². The second kappa shape index (κ2) is 7.94. The number of benzene rings is 2. The van der Waals surface area contributed by atoms with Crippen molar-refractivity contribution in [2.45, 2.75) is 25.9 Å². The van der Waals surface area contributed by atoms with Crippen molar-refractivity contribution in [1.82, 2.24) is 0 Å². The first-order valence-electron chi connectivity index (χ1n) is 8.12. The predicted molar refractivity (Wildman–Crippen MR) is 101 cm³/mol. The summed E-state index contributed by atoms with van der Waals surface area (Å²) >= 11 is 1.60. The topological polar surface area (TPSA) is 55.4 Å². The monoisotopic (exact) mass is 353 g/mol. The smallest absolute Gasteiger partial charge is 0.306 e. The van der Waals surface area contributed by atoms with Crippen LogP contribution in [0.25, 0.3) is 10.8 Å². The van der Waals surface area contributed by atoms with E-state index < -0.39 is 6.10 Å². The minimum absolute atomic E-state index is 0.266. The zero-order valence-corrected chi connectivity index (χ0v) is 14.7. The van der Waals surface area contributed by atoms with Gasteiger partial charge >= 0.3 is 5.97 Å². The average molecular weight is 353 g/mol. The molecule has 0 saturated carbocycles. The van der Waals surface area contributed by atoms with E-state index in [-0.39, 0.29) is 18.3 Å². The van der Waals surface area contributed by atoms with Crippen LogP contribution in [0, 0.1) is 0 Å². The van der Waals surface area contributed by atoms with Crippen molar-refractivity contribution in [3.63, 3.8) is 0 Å². The Kier molecular flexibility index (Phi) is 5.46. The molecule has 1 atom stereocenters. The Bertz CT molecular complexity index is 868. The van der Waals surface area contributed by atoms with Crippen molar-refractivity contribution in [3.05, 3.63) is 64.9 Å². The number of hydrogen-bond acceptors (Lipinski definition) is 4. The van der Waals surface area contributed by atoms with E-state index in [1.807, 2.05) is 59.3 Å². The lowest BCUT2D eigenvalue weighted by molar-refractivity contribution is -0.153. The van der Waals surface area contributed by atoms with Gasteiger partial charge in [0, 0.05) is 17.5 Å². The largest absolute Gasteiger partial charge is 0.453 e. The highest BCUT2D eigenvalue weighted by Gasteiger charge is 2.18. The maximum absolute atomic E-state index is 12.3. The Morgan fingerprint density at radius 3 is 2.72 bits per heavy atom. The normalized spacial score (nSPS) is 11.9. The molecule has 2 aromatic carbocycles. The fraction of sp³-hybridized carbons (Fsp3) is 0.200. The third-order valence-corrected chi connectivity index (χ3v) is 4.65. The fourth-order valence-electron chi connectivity index (χ4n) is 2.56. The summed E-state index contributed by atoms with van der Waals surface area (Å²) in [6.07, 6.45) is 0.0525. The van der Waals surface area contributed by atoms with Gasteiger partial charge in [-0.2, -0.15) is 11.3 Å². The van der Waals surface area contributed by atoms with Gasteiger partial charge in [-0.1, -0.05) is 36.4 Å². The molecule has 1 N–H and O–H groups in total. The van der Waals surface area contributed by atoms with Gasteiger partial charge in [0.25, 0.3) is 5.91 Å². The number of rotatable bonds is 6. The summed E-state index contributed by atoms with van der Waals surface area (Å²) in [4.78, 5) is 24.3. The maximum Gasteiger partial charge on any atom is 0.306 e. The summed E-state index contributed by atoms with van der Waals surface area (Å²) in [6, 6.07) is 15.5. The number of esters is 1. The summed E-state index contributed by atoms with van der Waals surface area (Å²) in [5.74, 6) is -0.702. The van der Waals surface area contributed by atoms with Gasteiger partial charge in [0.1, 0.15) is 0 Å². The van der Waals surface area contributed by atoms with Crippen molar-refractivity contribution in [2.24, 2.45) is 0 Å². The number of carbonyl (C=O) groups excluding carboxylic acids is 2. The SMILES string of the molecule is CC(OC(=O)CCc1ccsc1)C(=O)Nc1cccc2ccccc12. The molecule has 0 saturated heterocycles. The second-order valence-electron chi connectivity index (χ2n) is 5.78. The molecule has 4 nitrogen and oxygen atoms in total. The van der Waals surface area contributed by atoms with E-state index in [0.29, 0.717) is 12.1 Å². The molecule has 0 bridgehead atoms. The molecule has 1 aromatic heterocycles. The number of amides is 1. The van der Waals surface area contributed by atoms with Crippen molar-refractivity contribution < 1.29 is 14.3 Å². The Morgan fingerprint density at radius 1 is 1.12 bits per heavy atom. The Labute approximate surface area is 150 Å². The summed E-state index contributed by atoms with van der Waals surface area (Å²) < 4.78 is 5.25. The lowest BCUT2D eigenvalue weighted by atomic mass is 10.1. The fourth-order valence-corrected chi connectivity index (χ4v) is 3.26. The van der Waals surface area contributed by atoms with E-state index in [9.17, 15) is 9.59 Å². The molecule has 0 spiro atoms. The van der Waals surface area contributed by atoms with E-state index in [2.05, 4.69) is 5.32 Å². The van der Waals surface area contributed by atoms with Crippen LogP contribution >= 0.6 is 11.3 Å². The zero-order chi connectivity index (χ0) is 17.6. The molecule has 5 heteroatoms. The summed E-state index contributed by atoms with van der Waals surface area (Å²) in [6.45, 7) is 1.59. The van der Waals surface area contributed by atoms with Gasteiger partial charge in [0.15, 0.2) is 6.10 Å². The highest BCUT2D eigenvalue weighted by molar-refractivity contribution is 7.07. The molecular formula is C20H19NO3S. The molecule has 3 rings (SSSR count). The lowest BCUT2D eigenvalue weighted by Crippen LogP contribution is -2.30. The summed E-state index contributed by atoms with van der Waals surface area (Å²) in [5.41, 5.74) is 1.82. The number of thiophene rings is 1. The molecule has 1 heterocycles. The first-order chi connectivity index (χ1) is 12.1. The quantitative estimate of drug-likeness (QED) is 0.668. The lowest BCUT2D eigenvalue weighted by Gasteiger charge is -2.14. The van der Waals surface area contributed by atoms with Crippen LogP contribution in [0.5, 0.6) is 0 Å². The minimum atomic E-state index is -0.839. The van der Waals surface area contributed by atoms with Gasteiger partial charge in [-0.25, -0.2) is 0 Å². The molecule has 128 valence electrons. The van der Waals surface area contributed by atoms with Crippen LogP contribution < -0.4 is 5.32 Å². The molecule has 0 radical (unpaired) electrons. The third-order valence-electron chi connectivity index (χ3n) is 3.92. The van der Waals surface area contributed by atoms with Crippen LogP contribution in [0.1, 0.15) is 18.9 Å². The van der Waals surface area contributed by atoms with Gasteiger partial charge in [-0.15, -0.1) is 0 Å².